The maximum atomic E-state index is 12.7. The van der Waals surface area contributed by atoms with Crippen LogP contribution in [-0.4, -0.2) is 10.2 Å². The van der Waals surface area contributed by atoms with Crippen molar-refractivity contribution in [3.8, 4) is 0 Å². The highest BCUT2D eigenvalue weighted by molar-refractivity contribution is 6.17. The van der Waals surface area contributed by atoms with E-state index >= 15 is 0 Å². The highest BCUT2D eigenvalue weighted by Crippen LogP contribution is 2.24. The van der Waals surface area contributed by atoms with Gasteiger partial charge in [0.05, 0.1) is 5.88 Å². The van der Waals surface area contributed by atoms with Gasteiger partial charge in [-0.2, -0.15) is 13.9 Å². The van der Waals surface area contributed by atoms with Crippen LogP contribution in [0.15, 0.2) is 10.9 Å². The fraction of sp³-hybridized carbons (Fsp3) is 0.429. The molecule has 0 aliphatic carbocycles. The van der Waals surface area contributed by atoms with Gasteiger partial charge >= 0.3 is 0 Å². The van der Waals surface area contributed by atoms with E-state index in [0.717, 1.165) is 6.07 Å². The lowest BCUT2D eigenvalue weighted by molar-refractivity contribution is 0.0116. The summed E-state index contributed by atoms with van der Waals surface area (Å²) in [5, 5.41) is 5.17. The van der Waals surface area contributed by atoms with Crippen molar-refractivity contribution in [1.29, 1.82) is 0 Å². The molecule has 0 spiro atoms. The summed E-state index contributed by atoms with van der Waals surface area (Å²) >= 11 is 5.36. The standard InChI is InChI=1S/C7H7ClF2N2O/c1-7(9,10)5-2-4(3-8)6(13)12-11-5/h2H,3H2,1H3,(H,12,13). The minimum Gasteiger partial charge on any atom is -0.268 e. The number of aromatic nitrogens is 2. The largest absolute Gasteiger partial charge is 0.288 e. The lowest BCUT2D eigenvalue weighted by Gasteiger charge is -2.08. The molecule has 0 saturated heterocycles. The predicted molar refractivity (Wildman–Crippen MR) is 44.0 cm³/mol. The van der Waals surface area contributed by atoms with E-state index < -0.39 is 17.2 Å². The molecular weight excluding hydrogens is 202 g/mol. The Bertz CT molecular complexity index is 358. The van der Waals surface area contributed by atoms with Crippen molar-refractivity contribution < 1.29 is 8.78 Å². The van der Waals surface area contributed by atoms with Gasteiger partial charge in [0.2, 0.25) is 0 Å². The predicted octanol–water partition coefficient (Wildman–Crippen LogP) is 1.62. The molecule has 0 atom stereocenters. The van der Waals surface area contributed by atoms with Crippen LogP contribution in [0.5, 0.6) is 0 Å². The van der Waals surface area contributed by atoms with Crippen molar-refractivity contribution in [2.75, 3.05) is 0 Å². The summed E-state index contributed by atoms with van der Waals surface area (Å²) in [7, 11) is 0. The van der Waals surface area contributed by atoms with E-state index in [1.54, 1.807) is 0 Å². The minimum atomic E-state index is -3.06. The summed E-state index contributed by atoms with van der Waals surface area (Å²) in [5.74, 6) is -3.17. The minimum absolute atomic E-state index is 0.0909. The van der Waals surface area contributed by atoms with Gasteiger partial charge in [-0.05, 0) is 6.07 Å². The maximum absolute atomic E-state index is 12.7. The molecule has 0 unspecified atom stereocenters. The highest BCUT2D eigenvalue weighted by Gasteiger charge is 2.27. The van der Waals surface area contributed by atoms with Crippen molar-refractivity contribution in [3.63, 3.8) is 0 Å². The highest BCUT2D eigenvalue weighted by atomic mass is 35.5. The SMILES string of the molecule is CC(F)(F)c1cc(CCl)c(=O)[nH]n1. The second-order valence-electron chi connectivity index (χ2n) is 2.63. The quantitative estimate of drug-likeness (QED) is 0.751. The number of nitrogens with zero attached hydrogens (tertiary/aromatic N) is 1. The van der Waals surface area contributed by atoms with Crippen molar-refractivity contribution in [2.24, 2.45) is 0 Å². The summed E-state index contributed by atoms with van der Waals surface area (Å²) in [6.07, 6.45) is 0. The van der Waals surface area contributed by atoms with Crippen molar-refractivity contribution in [2.45, 2.75) is 18.7 Å². The van der Waals surface area contributed by atoms with Gasteiger partial charge in [-0.1, -0.05) is 0 Å². The molecule has 13 heavy (non-hydrogen) atoms. The average molecular weight is 209 g/mol. The zero-order valence-electron chi connectivity index (χ0n) is 6.77. The Morgan fingerprint density at radius 2 is 2.31 bits per heavy atom. The van der Waals surface area contributed by atoms with Crippen LogP contribution in [0.4, 0.5) is 8.78 Å². The Morgan fingerprint density at radius 3 is 2.77 bits per heavy atom. The van der Waals surface area contributed by atoms with E-state index in [4.69, 9.17) is 11.6 Å². The molecule has 0 fully saturated rings. The molecule has 0 aromatic carbocycles. The first-order chi connectivity index (χ1) is 5.95. The van der Waals surface area contributed by atoms with Crippen LogP contribution >= 0.6 is 11.6 Å². The number of hydrogen-bond donors (Lipinski definition) is 1. The van der Waals surface area contributed by atoms with Crippen molar-refractivity contribution >= 4 is 11.6 Å². The van der Waals surface area contributed by atoms with Crippen molar-refractivity contribution in [3.05, 3.63) is 27.7 Å². The molecule has 1 aromatic rings. The first-order valence-corrected chi connectivity index (χ1v) is 4.01. The second kappa shape index (κ2) is 3.41. The second-order valence-corrected chi connectivity index (χ2v) is 2.90. The average Bonchev–Trinajstić information content (AvgIpc) is 2.03. The lowest BCUT2D eigenvalue weighted by atomic mass is 10.2. The van der Waals surface area contributed by atoms with Gasteiger partial charge in [-0.3, -0.25) is 4.79 Å². The Labute approximate surface area is 77.7 Å². The number of nitrogens with one attached hydrogen (secondary N) is 1. The van der Waals surface area contributed by atoms with Crippen LogP contribution in [0.3, 0.4) is 0 Å². The van der Waals surface area contributed by atoms with Crippen LogP contribution in [0.2, 0.25) is 0 Å². The Morgan fingerprint density at radius 1 is 1.69 bits per heavy atom. The number of rotatable bonds is 2. The Balaban J connectivity index is 3.22. The summed E-state index contributed by atoms with van der Waals surface area (Å²) in [5.41, 5.74) is -0.932. The van der Waals surface area contributed by atoms with Gasteiger partial charge in [0.25, 0.3) is 11.5 Å². The third-order valence-corrected chi connectivity index (χ3v) is 1.76. The van der Waals surface area contributed by atoms with E-state index in [2.05, 4.69) is 5.10 Å². The molecule has 1 aromatic heterocycles. The first kappa shape index (κ1) is 10.1. The third-order valence-electron chi connectivity index (χ3n) is 1.47. The van der Waals surface area contributed by atoms with Gasteiger partial charge < -0.3 is 0 Å². The number of hydrogen-bond acceptors (Lipinski definition) is 2. The monoisotopic (exact) mass is 208 g/mol. The number of aromatic amines is 1. The summed E-state index contributed by atoms with van der Waals surface area (Å²) in [4.78, 5) is 10.9. The zero-order chi connectivity index (χ0) is 10.1. The molecule has 6 heteroatoms. The summed E-state index contributed by atoms with van der Waals surface area (Å²) < 4.78 is 25.3. The number of H-pyrrole nitrogens is 1. The Hall–Kier alpha value is -0.970. The fourth-order valence-electron chi connectivity index (χ4n) is 0.770. The molecule has 1 N–H and O–H groups in total. The zero-order valence-corrected chi connectivity index (χ0v) is 7.53. The molecule has 0 bridgehead atoms. The topological polar surface area (TPSA) is 45.8 Å². The number of alkyl halides is 3. The molecule has 0 saturated carbocycles. The molecule has 0 radical (unpaired) electrons. The third kappa shape index (κ3) is 2.24. The van der Waals surface area contributed by atoms with Crippen LogP contribution in [0, 0.1) is 0 Å². The smallest absolute Gasteiger partial charge is 0.268 e. The normalized spacial score (nSPS) is 11.7. The molecule has 0 amide bonds. The van der Waals surface area contributed by atoms with E-state index in [1.807, 2.05) is 5.10 Å². The van der Waals surface area contributed by atoms with Gasteiger partial charge in [0.15, 0.2) is 0 Å². The summed E-state index contributed by atoms with van der Waals surface area (Å²) in [6, 6.07) is 1.01. The van der Waals surface area contributed by atoms with Gasteiger partial charge in [0, 0.05) is 12.5 Å². The van der Waals surface area contributed by atoms with E-state index in [0.29, 0.717) is 6.92 Å². The molecule has 0 aliphatic heterocycles. The molecular formula is C7H7ClF2N2O. The van der Waals surface area contributed by atoms with Gasteiger partial charge in [-0.15, -0.1) is 11.6 Å². The summed E-state index contributed by atoms with van der Waals surface area (Å²) in [6.45, 7) is 0.700. The van der Waals surface area contributed by atoms with Crippen LogP contribution in [0.25, 0.3) is 0 Å². The van der Waals surface area contributed by atoms with E-state index in [1.165, 1.54) is 0 Å². The van der Waals surface area contributed by atoms with E-state index in [9.17, 15) is 13.6 Å². The number of halogens is 3. The van der Waals surface area contributed by atoms with E-state index in [-0.39, 0.29) is 11.4 Å². The lowest BCUT2D eigenvalue weighted by Crippen LogP contribution is -2.19. The van der Waals surface area contributed by atoms with Crippen LogP contribution < -0.4 is 5.56 Å². The van der Waals surface area contributed by atoms with Gasteiger partial charge in [0.1, 0.15) is 5.69 Å². The maximum Gasteiger partial charge on any atom is 0.288 e. The van der Waals surface area contributed by atoms with Gasteiger partial charge in [-0.25, -0.2) is 5.10 Å². The molecule has 3 nitrogen and oxygen atoms in total. The van der Waals surface area contributed by atoms with Crippen LogP contribution in [-0.2, 0) is 11.8 Å². The van der Waals surface area contributed by atoms with Crippen LogP contribution in [0.1, 0.15) is 18.2 Å². The fourth-order valence-corrected chi connectivity index (χ4v) is 0.968. The molecule has 1 rings (SSSR count). The first-order valence-electron chi connectivity index (χ1n) is 3.48. The van der Waals surface area contributed by atoms with Crippen molar-refractivity contribution in [1.82, 2.24) is 10.2 Å². The Kier molecular flexibility index (Phi) is 2.66. The molecule has 72 valence electrons. The molecule has 1 heterocycles. The molecule has 0 aliphatic rings.